The summed E-state index contributed by atoms with van der Waals surface area (Å²) in [4.78, 5) is 38.4. The summed E-state index contributed by atoms with van der Waals surface area (Å²) < 4.78 is 21.8. The van der Waals surface area contributed by atoms with Gasteiger partial charge in [0.05, 0.1) is 32.3 Å². The first-order valence-electron chi connectivity index (χ1n) is 10.7. The van der Waals surface area contributed by atoms with Gasteiger partial charge >= 0.3 is 5.97 Å². The maximum atomic E-state index is 13.5. The Balaban J connectivity index is 2.41. The molecule has 2 rings (SSSR count). The summed E-state index contributed by atoms with van der Waals surface area (Å²) >= 11 is 0. The van der Waals surface area contributed by atoms with Gasteiger partial charge in [-0.15, -0.1) is 0 Å². The van der Waals surface area contributed by atoms with Crippen molar-refractivity contribution >= 4 is 25.9 Å². The molecule has 0 aromatic heterocycles. The smallest absolute Gasteiger partial charge is 0.328 e. The molecule has 0 radical (unpaired) electrons. The molecule has 1 fully saturated rings. The predicted molar refractivity (Wildman–Crippen MR) is 124 cm³/mol. The Morgan fingerprint density at radius 3 is 2.18 bits per heavy atom. The molecule has 1 aromatic carbocycles. The number of ether oxygens (including phenoxy) is 3. The van der Waals surface area contributed by atoms with E-state index in [1.54, 1.807) is 0 Å². The van der Waals surface area contributed by atoms with Gasteiger partial charge in [-0.2, -0.15) is 0 Å². The molecule has 2 atom stereocenters. The Kier molecular flexibility index (Phi) is 8.12. The van der Waals surface area contributed by atoms with Gasteiger partial charge in [-0.05, 0) is 24.6 Å². The Hall–Kier alpha value is -2.66. The summed E-state index contributed by atoms with van der Waals surface area (Å²) in [6, 6.07) is 1.50. The van der Waals surface area contributed by atoms with Crippen LogP contribution in [0.3, 0.4) is 0 Å². The highest BCUT2D eigenvalue weighted by atomic mass is 28.4. The van der Waals surface area contributed by atoms with Crippen molar-refractivity contribution in [2.75, 3.05) is 27.9 Å². The molecule has 1 aliphatic heterocycles. The van der Waals surface area contributed by atoms with Crippen LogP contribution in [0.15, 0.2) is 12.1 Å². The van der Waals surface area contributed by atoms with Crippen LogP contribution in [-0.2, 0) is 14.0 Å². The minimum atomic E-state index is -2.10. The summed E-state index contributed by atoms with van der Waals surface area (Å²) in [6.45, 7) is 10.8. The molecule has 0 N–H and O–H groups in total. The molecule has 0 unspecified atom stereocenters. The molecule has 0 bridgehead atoms. The monoisotopic (exact) mass is 482 g/mol. The van der Waals surface area contributed by atoms with Crippen LogP contribution in [0.5, 0.6) is 11.5 Å². The van der Waals surface area contributed by atoms with E-state index in [1.165, 1.54) is 32.3 Å². The number of esters is 1. The van der Waals surface area contributed by atoms with Gasteiger partial charge in [0.2, 0.25) is 0 Å². The fraction of sp³-hybridized carbons (Fsp3) is 0.636. The van der Waals surface area contributed by atoms with Gasteiger partial charge in [0, 0.05) is 25.1 Å². The number of nitro groups is 1. The van der Waals surface area contributed by atoms with Crippen molar-refractivity contribution in [3.8, 4) is 11.5 Å². The molecule has 1 saturated heterocycles. The molecule has 1 aliphatic rings. The van der Waals surface area contributed by atoms with Crippen molar-refractivity contribution in [3.63, 3.8) is 0 Å². The van der Waals surface area contributed by atoms with Crippen LogP contribution in [0.25, 0.3) is 0 Å². The van der Waals surface area contributed by atoms with Crippen LogP contribution in [0.2, 0.25) is 18.1 Å². The van der Waals surface area contributed by atoms with Crippen molar-refractivity contribution in [1.29, 1.82) is 0 Å². The van der Waals surface area contributed by atoms with Gasteiger partial charge in [0.1, 0.15) is 11.6 Å². The van der Waals surface area contributed by atoms with E-state index < -0.39 is 36.8 Å². The van der Waals surface area contributed by atoms with E-state index in [2.05, 4.69) is 33.9 Å². The van der Waals surface area contributed by atoms with E-state index in [4.69, 9.17) is 18.6 Å². The molecule has 11 heteroatoms. The number of methoxy groups -OCH3 is 3. The molecular weight excluding hydrogens is 448 g/mol. The first kappa shape index (κ1) is 26.6. The SMILES string of the molecule is COC(=O)[C@@H]1C[C@H](O[Si](C)(C)C(C)(C)C)CCN1C(=O)c1cc(OC)c(OC)cc1[N+](=O)[O-]. The number of nitro benzene ring substituents is 1. The van der Waals surface area contributed by atoms with Crippen LogP contribution in [-0.4, -0.2) is 70.0 Å². The first-order valence-corrected chi connectivity index (χ1v) is 13.6. The van der Waals surface area contributed by atoms with E-state index in [9.17, 15) is 19.7 Å². The molecular formula is C22H34N2O8Si. The zero-order valence-electron chi connectivity index (χ0n) is 20.6. The van der Waals surface area contributed by atoms with E-state index in [-0.39, 0.29) is 41.2 Å². The third-order valence-corrected chi connectivity index (χ3v) is 11.0. The van der Waals surface area contributed by atoms with Crippen molar-refractivity contribution in [3.05, 3.63) is 27.8 Å². The number of carbonyl (C=O) groups is 2. The van der Waals surface area contributed by atoms with Gasteiger partial charge in [-0.1, -0.05) is 20.8 Å². The summed E-state index contributed by atoms with van der Waals surface area (Å²) in [5.41, 5.74) is -0.615. The lowest BCUT2D eigenvalue weighted by molar-refractivity contribution is -0.385. The number of piperidine rings is 1. The molecule has 1 aromatic rings. The quantitative estimate of drug-likeness (QED) is 0.249. The zero-order valence-corrected chi connectivity index (χ0v) is 21.6. The number of hydrogen-bond donors (Lipinski definition) is 0. The van der Waals surface area contributed by atoms with Crippen molar-refractivity contribution in [2.45, 2.75) is 63.9 Å². The molecule has 1 heterocycles. The normalized spacial score (nSPS) is 19.1. The van der Waals surface area contributed by atoms with Crippen LogP contribution in [0.1, 0.15) is 44.0 Å². The Morgan fingerprint density at radius 1 is 1.12 bits per heavy atom. The van der Waals surface area contributed by atoms with E-state index >= 15 is 0 Å². The second kappa shape index (κ2) is 10.1. The lowest BCUT2D eigenvalue weighted by Crippen LogP contribution is -2.54. The van der Waals surface area contributed by atoms with Crippen LogP contribution >= 0.6 is 0 Å². The average molecular weight is 483 g/mol. The predicted octanol–water partition coefficient (Wildman–Crippen LogP) is 3.78. The number of likely N-dealkylation sites (tertiary alicyclic amines) is 1. The van der Waals surface area contributed by atoms with Crippen LogP contribution in [0.4, 0.5) is 5.69 Å². The largest absolute Gasteiger partial charge is 0.493 e. The highest BCUT2D eigenvalue weighted by Crippen LogP contribution is 2.40. The van der Waals surface area contributed by atoms with Crippen molar-refractivity contribution < 1.29 is 33.1 Å². The van der Waals surface area contributed by atoms with Gasteiger partial charge in [0.15, 0.2) is 19.8 Å². The highest BCUT2D eigenvalue weighted by molar-refractivity contribution is 6.74. The molecule has 0 aliphatic carbocycles. The highest BCUT2D eigenvalue weighted by Gasteiger charge is 2.44. The number of carbonyl (C=O) groups excluding carboxylic acids is 2. The lowest BCUT2D eigenvalue weighted by Gasteiger charge is -2.43. The van der Waals surface area contributed by atoms with E-state index in [0.29, 0.717) is 6.42 Å². The molecule has 0 saturated carbocycles. The average Bonchev–Trinajstić information content (AvgIpc) is 2.75. The first-order chi connectivity index (χ1) is 15.3. The molecule has 10 nitrogen and oxygen atoms in total. The topological polar surface area (TPSA) is 117 Å². The summed E-state index contributed by atoms with van der Waals surface area (Å²) in [7, 11) is 1.87. The molecule has 1 amide bonds. The third-order valence-electron chi connectivity index (χ3n) is 6.48. The van der Waals surface area contributed by atoms with Gasteiger partial charge in [-0.25, -0.2) is 4.79 Å². The van der Waals surface area contributed by atoms with Gasteiger partial charge < -0.3 is 23.5 Å². The van der Waals surface area contributed by atoms with Gasteiger partial charge in [0.25, 0.3) is 11.6 Å². The maximum Gasteiger partial charge on any atom is 0.328 e. The minimum Gasteiger partial charge on any atom is -0.493 e. The van der Waals surface area contributed by atoms with Crippen molar-refractivity contribution in [1.82, 2.24) is 4.90 Å². The molecule has 33 heavy (non-hydrogen) atoms. The standard InChI is InChI=1S/C22H34N2O8Si/c1-22(2,3)33(7,8)32-14-9-10-23(17(11-14)21(26)31-6)20(25)15-12-18(29-4)19(30-5)13-16(15)24(27)28/h12-14,17H,9-11H2,1-8H3/t14-,17+/m1/s1. The lowest BCUT2D eigenvalue weighted by atomic mass is 9.98. The second-order valence-corrected chi connectivity index (χ2v) is 14.3. The Bertz CT molecular complexity index is 912. The minimum absolute atomic E-state index is 0.0129. The Labute approximate surface area is 195 Å². The fourth-order valence-electron chi connectivity index (χ4n) is 3.58. The second-order valence-electron chi connectivity index (χ2n) is 9.54. The number of nitrogens with zero attached hydrogens (tertiary/aromatic N) is 2. The van der Waals surface area contributed by atoms with Gasteiger partial charge in [-0.3, -0.25) is 14.9 Å². The van der Waals surface area contributed by atoms with Crippen LogP contribution < -0.4 is 9.47 Å². The molecule has 0 spiro atoms. The van der Waals surface area contributed by atoms with E-state index in [1.807, 2.05) is 0 Å². The fourth-order valence-corrected chi connectivity index (χ4v) is 4.98. The number of amides is 1. The molecule has 184 valence electrons. The van der Waals surface area contributed by atoms with Crippen molar-refractivity contribution in [2.24, 2.45) is 0 Å². The van der Waals surface area contributed by atoms with Crippen LogP contribution in [0, 0.1) is 10.1 Å². The summed E-state index contributed by atoms with van der Waals surface area (Å²) in [5.74, 6) is -0.928. The maximum absolute atomic E-state index is 13.5. The Morgan fingerprint density at radius 2 is 1.70 bits per heavy atom. The summed E-state index contributed by atoms with van der Waals surface area (Å²) in [6.07, 6.45) is 0.540. The number of benzene rings is 1. The number of rotatable bonds is 7. The number of hydrogen-bond acceptors (Lipinski definition) is 8. The van der Waals surface area contributed by atoms with E-state index in [0.717, 1.165) is 6.07 Å². The summed E-state index contributed by atoms with van der Waals surface area (Å²) in [5, 5.41) is 11.7. The third kappa shape index (κ3) is 5.64. The zero-order chi connectivity index (χ0) is 25.1.